The number of aromatic amines is 1. The van der Waals surface area contributed by atoms with Gasteiger partial charge in [0, 0.05) is 11.6 Å². The number of H-pyrrole nitrogens is 1. The van der Waals surface area contributed by atoms with E-state index in [1.807, 2.05) is 35.9 Å². The van der Waals surface area contributed by atoms with Gasteiger partial charge in [0.15, 0.2) is 10.4 Å². The van der Waals surface area contributed by atoms with Gasteiger partial charge in [-0.1, -0.05) is 36.4 Å². The van der Waals surface area contributed by atoms with Gasteiger partial charge in [0.05, 0.1) is 11.2 Å². The number of aryl methyl sites for hydroxylation is 1. The zero-order valence-electron chi connectivity index (χ0n) is 11.5. The molecule has 0 radical (unpaired) electrons. The van der Waals surface area contributed by atoms with Gasteiger partial charge in [-0.15, -0.1) is 0 Å². The Bertz CT molecular complexity index is 1020. The van der Waals surface area contributed by atoms with E-state index < -0.39 is 0 Å². The van der Waals surface area contributed by atoms with Gasteiger partial charge in [0.1, 0.15) is 0 Å². The van der Waals surface area contributed by atoms with Gasteiger partial charge < -0.3 is 4.98 Å². The van der Waals surface area contributed by atoms with Crippen LogP contribution in [0.3, 0.4) is 0 Å². The highest BCUT2D eigenvalue weighted by Gasteiger charge is 2.10. The minimum atomic E-state index is 0.666. The average Bonchev–Trinajstić information content (AvgIpc) is 2.81. The summed E-state index contributed by atoms with van der Waals surface area (Å²) in [5.74, 6) is 0. The van der Waals surface area contributed by atoms with Crippen LogP contribution in [-0.2, 0) is 0 Å². The molecule has 102 valence electrons. The van der Waals surface area contributed by atoms with Crippen LogP contribution in [0.15, 0.2) is 54.7 Å². The first kappa shape index (κ1) is 12.3. The number of hydrogen-bond acceptors (Lipinski definition) is 2. The number of hydrogen-bond donors (Lipinski definition) is 1. The number of rotatable bonds is 1. The largest absolute Gasteiger partial charge is 0.329 e. The summed E-state index contributed by atoms with van der Waals surface area (Å²) in [6, 6.07) is 16.6. The molecule has 0 bridgehead atoms. The van der Waals surface area contributed by atoms with Gasteiger partial charge in [-0.3, -0.25) is 4.57 Å². The van der Waals surface area contributed by atoms with Crippen molar-refractivity contribution in [2.24, 2.45) is 0 Å². The minimum Gasteiger partial charge on any atom is -0.329 e. The SMILES string of the molecule is Cc1cnc2c(c1)[nH]c(=S)n2-c1cccc2ccccc12. The molecular formula is C17H13N3S. The van der Waals surface area contributed by atoms with E-state index in [1.165, 1.54) is 10.8 Å². The maximum atomic E-state index is 5.51. The lowest BCUT2D eigenvalue weighted by Gasteiger charge is -2.08. The Kier molecular flexibility index (Phi) is 2.65. The van der Waals surface area contributed by atoms with E-state index in [4.69, 9.17) is 12.2 Å². The van der Waals surface area contributed by atoms with Crippen molar-refractivity contribution in [1.82, 2.24) is 14.5 Å². The van der Waals surface area contributed by atoms with E-state index >= 15 is 0 Å². The summed E-state index contributed by atoms with van der Waals surface area (Å²) >= 11 is 5.51. The van der Waals surface area contributed by atoms with Crippen LogP contribution in [0.2, 0.25) is 0 Å². The molecule has 0 saturated carbocycles. The summed E-state index contributed by atoms with van der Waals surface area (Å²) in [5.41, 5.74) is 4.00. The smallest absolute Gasteiger partial charge is 0.184 e. The lowest BCUT2D eigenvalue weighted by atomic mass is 10.1. The highest BCUT2D eigenvalue weighted by molar-refractivity contribution is 7.71. The monoisotopic (exact) mass is 291 g/mol. The molecule has 0 aliphatic carbocycles. The number of imidazole rings is 1. The Labute approximate surface area is 126 Å². The normalized spacial score (nSPS) is 11.3. The Hall–Kier alpha value is -2.46. The zero-order chi connectivity index (χ0) is 14.4. The van der Waals surface area contributed by atoms with Crippen molar-refractivity contribution in [2.75, 3.05) is 0 Å². The Balaban J connectivity index is 2.14. The molecule has 0 spiro atoms. The molecule has 0 aliphatic heterocycles. The van der Waals surface area contributed by atoms with Gasteiger partial charge in [-0.25, -0.2) is 4.98 Å². The number of nitrogens with zero attached hydrogens (tertiary/aromatic N) is 2. The van der Waals surface area contributed by atoms with Gasteiger partial charge in [0.2, 0.25) is 0 Å². The summed E-state index contributed by atoms with van der Waals surface area (Å²) in [6.07, 6.45) is 1.87. The first-order valence-corrected chi connectivity index (χ1v) is 7.20. The molecule has 0 saturated heterocycles. The number of nitrogens with one attached hydrogen (secondary N) is 1. The second-order valence-corrected chi connectivity index (χ2v) is 5.53. The lowest BCUT2D eigenvalue weighted by molar-refractivity contribution is 1.05. The molecule has 4 heteroatoms. The van der Waals surface area contributed by atoms with Gasteiger partial charge in [0.25, 0.3) is 0 Å². The Morgan fingerprint density at radius 1 is 1.10 bits per heavy atom. The second kappa shape index (κ2) is 4.53. The first-order valence-electron chi connectivity index (χ1n) is 6.79. The summed E-state index contributed by atoms with van der Waals surface area (Å²) in [4.78, 5) is 7.80. The molecule has 21 heavy (non-hydrogen) atoms. The fourth-order valence-electron chi connectivity index (χ4n) is 2.73. The van der Waals surface area contributed by atoms with Crippen LogP contribution in [0.5, 0.6) is 0 Å². The predicted octanol–water partition coefficient (Wildman–Crippen LogP) is 4.54. The standard InChI is InChI=1S/C17H13N3S/c1-11-9-14-16(18-10-11)20(17(21)19-14)15-8-4-6-12-5-2-3-7-13(12)15/h2-10H,1H3,(H,19,21). The van der Waals surface area contributed by atoms with Crippen LogP contribution in [0.25, 0.3) is 27.6 Å². The van der Waals surface area contributed by atoms with Gasteiger partial charge in [-0.05, 0) is 42.2 Å². The van der Waals surface area contributed by atoms with Crippen LogP contribution in [0, 0.1) is 11.7 Å². The van der Waals surface area contributed by atoms with E-state index in [2.05, 4.69) is 40.3 Å². The quantitative estimate of drug-likeness (QED) is 0.522. The van der Waals surface area contributed by atoms with Crippen LogP contribution in [-0.4, -0.2) is 14.5 Å². The van der Waals surface area contributed by atoms with Crippen LogP contribution >= 0.6 is 12.2 Å². The number of fused-ring (bicyclic) bond motifs is 2. The maximum Gasteiger partial charge on any atom is 0.184 e. The van der Waals surface area contributed by atoms with E-state index in [9.17, 15) is 0 Å². The minimum absolute atomic E-state index is 0.666. The summed E-state index contributed by atoms with van der Waals surface area (Å²) in [6.45, 7) is 2.03. The zero-order valence-corrected chi connectivity index (χ0v) is 12.3. The van der Waals surface area contributed by atoms with Crippen molar-refractivity contribution in [1.29, 1.82) is 0 Å². The Morgan fingerprint density at radius 3 is 2.81 bits per heavy atom. The second-order valence-electron chi connectivity index (χ2n) is 5.15. The third kappa shape index (κ3) is 1.87. The molecule has 0 fully saturated rings. The summed E-state index contributed by atoms with van der Waals surface area (Å²) in [5, 5.41) is 2.36. The fourth-order valence-corrected chi connectivity index (χ4v) is 3.02. The molecule has 2 aromatic carbocycles. The molecule has 1 N–H and O–H groups in total. The van der Waals surface area contributed by atoms with Gasteiger partial charge in [-0.2, -0.15) is 0 Å². The Morgan fingerprint density at radius 2 is 1.90 bits per heavy atom. The topological polar surface area (TPSA) is 33.6 Å². The highest BCUT2D eigenvalue weighted by Crippen LogP contribution is 2.25. The van der Waals surface area contributed by atoms with Crippen molar-refractivity contribution in [2.45, 2.75) is 6.92 Å². The number of pyridine rings is 1. The average molecular weight is 291 g/mol. The van der Waals surface area contributed by atoms with Crippen LogP contribution in [0.1, 0.15) is 5.56 Å². The van der Waals surface area contributed by atoms with E-state index in [1.54, 1.807) is 0 Å². The molecule has 2 heterocycles. The third-order valence-electron chi connectivity index (χ3n) is 3.67. The number of benzene rings is 2. The lowest BCUT2D eigenvalue weighted by Crippen LogP contribution is -1.96. The molecule has 0 atom stereocenters. The molecule has 4 aromatic rings. The molecule has 3 nitrogen and oxygen atoms in total. The summed E-state index contributed by atoms with van der Waals surface area (Å²) in [7, 11) is 0. The summed E-state index contributed by atoms with van der Waals surface area (Å²) < 4.78 is 2.67. The molecular weight excluding hydrogens is 278 g/mol. The molecule has 0 aliphatic rings. The van der Waals surface area contributed by atoms with E-state index in [0.29, 0.717) is 4.77 Å². The van der Waals surface area contributed by atoms with Crippen molar-refractivity contribution < 1.29 is 0 Å². The highest BCUT2D eigenvalue weighted by atomic mass is 32.1. The van der Waals surface area contributed by atoms with Crippen LogP contribution in [0.4, 0.5) is 0 Å². The molecule has 0 amide bonds. The van der Waals surface area contributed by atoms with Crippen LogP contribution < -0.4 is 0 Å². The van der Waals surface area contributed by atoms with Crippen molar-refractivity contribution in [3.63, 3.8) is 0 Å². The fraction of sp³-hybridized carbons (Fsp3) is 0.0588. The van der Waals surface area contributed by atoms with Crippen molar-refractivity contribution >= 4 is 34.2 Å². The molecule has 0 unspecified atom stereocenters. The molecule has 4 rings (SSSR count). The van der Waals surface area contributed by atoms with Crippen molar-refractivity contribution in [3.05, 3.63) is 65.1 Å². The van der Waals surface area contributed by atoms with E-state index in [-0.39, 0.29) is 0 Å². The van der Waals surface area contributed by atoms with Crippen molar-refractivity contribution in [3.8, 4) is 5.69 Å². The maximum absolute atomic E-state index is 5.51. The predicted molar refractivity (Wildman–Crippen MR) is 88.5 cm³/mol. The van der Waals surface area contributed by atoms with Gasteiger partial charge >= 0.3 is 0 Å². The number of aromatic nitrogens is 3. The first-order chi connectivity index (χ1) is 10.2. The molecule has 2 aromatic heterocycles. The van der Waals surface area contributed by atoms with E-state index in [0.717, 1.165) is 22.4 Å². The third-order valence-corrected chi connectivity index (χ3v) is 3.95.